The van der Waals surface area contributed by atoms with Crippen molar-refractivity contribution in [2.24, 2.45) is 0 Å². The van der Waals surface area contributed by atoms with Crippen LogP contribution in [0.1, 0.15) is 30.3 Å². The van der Waals surface area contributed by atoms with Crippen LogP contribution >= 0.6 is 11.3 Å². The van der Waals surface area contributed by atoms with Gasteiger partial charge in [-0.2, -0.15) is 13.2 Å². The normalized spacial score (nSPS) is 25.3. The van der Waals surface area contributed by atoms with Gasteiger partial charge in [0.25, 0.3) is 0 Å². The van der Waals surface area contributed by atoms with Crippen LogP contribution in [0, 0.1) is 0 Å². The maximum Gasteiger partial charge on any atom is 0.390 e. The van der Waals surface area contributed by atoms with Gasteiger partial charge in [0, 0.05) is 11.4 Å². The van der Waals surface area contributed by atoms with Crippen molar-refractivity contribution in [3.63, 3.8) is 0 Å². The third-order valence-corrected chi connectivity index (χ3v) is 4.52. The maximum absolute atomic E-state index is 12.4. The number of carbonyl (C=O) groups is 1. The van der Waals surface area contributed by atoms with Crippen molar-refractivity contribution in [2.75, 3.05) is 6.54 Å². The molecule has 1 N–H and O–H groups in total. The Morgan fingerprint density at radius 3 is 2.74 bits per heavy atom. The number of hydrogen-bond acceptors (Lipinski definition) is 3. The molecule has 1 unspecified atom stereocenters. The van der Waals surface area contributed by atoms with Gasteiger partial charge in [0.1, 0.15) is 11.7 Å². The summed E-state index contributed by atoms with van der Waals surface area (Å²) in [4.78, 5) is 14.4. The summed E-state index contributed by atoms with van der Waals surface area (Å²) in [6.07, 6.45) is -4.16. The van der Waals surface area contributed by atoms with Crippen LogP contribution in [0.25, 0.3) is 0 Å². The lowest BCUT2D eigenvalue weighted by Crippen LogP contribution is -2.34. The van der Waals surface area contributed by atoms with Crippen LogP contribution in [-0.4, -0.2) is 29.1 Å². The number of hydrogen-bond donors (Lipinski definition) is 1. The standard InChI is InChI=1S/C12H13F3N2OS/c13-12(14,15)5-6-17-9(8-2-1-7-19-8)16-11(3-4-11)10(17)18/h1-2,7,9,16H,3-6H2. The van der Waals surface area contributed by atoms with Crippen molar-refractivity contribution in [3.05, 3.63) is 22.4 Å². The molecular weight excluding hydrogens is 277 g/mol. The van der Waals surface area contributed by atoms with Crippen LogP contribution in [0.5, 0.6) is 0 Å². The second-order valence-corrected chi connectivity index (χ2v) is 5.99. The Kier molecular flexibility index (Phi) is 2.86. The van der Waals surface area contributed by atoms with Gasteiger partial charge < -0.3 is 4.90 Å². The van der Waals surface area contributed by atoms with E-state index in [1.165, 1.54) is 16.2 Å². The van der Waals surface area contributed by atoms with Crippen molar-refractivity contribution in [2.45, 2.75) is 37.1 Å². The van der Waals surface area contributed by atoms with E-state index in [1.54, 1.807) is 0 Å². The molecule has 1 saturated heterocycles. The number of nitrogens with zero attached hydrogens (tertiary/aromatic N) is 1. The zero-order chi connectivity index (χ0) is 13.7. The second-order valence-electron chi connectivity index (χ2n) is 5.01. The van der Waals surface area contributed by atoms with E-state index >= 15 is 0 Å². The van der Waals surface area contributed by atoms with Gasteiger partial charge in [-0.1, -0.05) is 6.07 Å². The van der Waals surface area contributed by atoms with Crippen molar-refractivity contribution in [1.29, 1.82) is 0 Å². The summed E-state index contributed by atoms with van der Waals surface area (Å²) in [6, 6.07) is 3.68. The van der Waals surface area contributed by atoms with Gasteiger partial charge in [-0.25, -0.2) is 0 Å². The van der Waals surface area contributed by atoms with E-state index in [2.05, 4.69) is 5.32 Å². The highest BCUT2D eigenvalue weighted by atomic mass is 32.1. The number of carbonyl (C=O) groups excluding carboxylic acids is 1. The summed E-state index contributed by atoms with van der Waals surface area (Å²) in [5.74, 6) is -0.185. The first-order valence-electron chi connectivity index (χ1n) is 6.10. The van der Waals surface area contributed by atoms with Gasteiger partial charge in [0.15, 0.2) is 0 Å². The predicted molar refractivity (Wildman–Crippen MR) is 64.5 cm³/mol. The van der Waals surface area contributed by atoms with E-state index < -0.39 is 24.3 Å². The number of amides is 1. The lowest BCUT2D eigenvalue weighted by Gasteiger charge is -2.23. The molecule has 2 aliphatic rings. The monoisotopic (exact) mass is 290 g/mol. The first kappa shape index (κ1) is 12.9. The molecule has 7 heteroatoms. The van der Waals surface area contributed by atoms with E-state index in [-0.39, 0.29) is 12.5 Å². The molecule has 1 atom stereocenters. The molecule has 1 aliphatic carbocycles. The van der Waals surface area contributed by atoms with Crippen LogP contribution in [-0.2, 0) is 4.79 Å². The largest absolute Gasteiger partial charge is 0.390 e. The van der Waals surface area contributed by atoms with E-state index in [9.17, 15) is 18.0 Å². The van der Waals surface area contributed by atoms with Crippen LogP contribution in [0.4, 0.5) is 13.2 Å². The minimum absolute atomic E-state index is 0.185. The molecule has 104 valence electrons. The highest BCUT2D eigenvalue weighted by Crippen LogP contribution is 2.46. The Bertz CT molecular complexity index is 482. The fourth-order valence-corrected chi connectivity index (χ4v) is 3.21. The van der Waals surface area contributed by atoms with Gasteiger partial charge in [-0.3, -0.25) is 10.1 Å². The molecule has 3 rings (SSSR count). The number of nitrogens with one attached hydrogen (secondary N) is 1. The van der Waals surface area contributed by atoms with Crippen molar-refractivity contribution in [1.82, 2.24) is 10.2 Å². The summed E-state index contributed by atoms with van der Waals surface area (Å²) < 4.78 is 37.1. The number of thiophene rings is 1. The Hall–Kier alpha value is -1.08. The average Bonchev–Trinajstić information content (AvgIpc) is 2.81. The lowest BCUT2D eigenvalue weighted by atomic mass is 10.2. The quantitative estimate of drug-likeness (QED) is 0.928. The van der Waals surface area contributed by atoms with Gasteiger partial charge in [0.05, 0.1) is 6.42 Å². The molecule has 1 saturated carbocycles. The molecule has 2 heterocycles. The SMILES string of the molecule is O=C1N(CCC(F)(F)F)C(c2cccs2)NC12CC2. The Labute approximate surface area is 112 Å². The molecule has 1 amide bonds. The van der Waals surface area contributed by atoms with Gasteiger partial charge in [-0.15, -0.1) is 11.3 Å². The number of rotatable bonds is 3. The second kappa shape index (κ2) is 4.21. The average molecular weight is 290 g/mol. The summed E-state index contributed by atoms with van der Waals surface area (Å²) in [5.41, 5.74) is -0.583. The topological polar surface area (TPSA) is 32.3 Å². The van der Waals surface area contributed by atoms with Crippen molar-refractivity contribution < 1.29 is 18.0 Å². The zero-order valence-corrected chi connectivity index (χ0v) is 10.9. The maximum atomic E-state index is 12.4. The van der Waals surface area contributed by atoms with Crippen LogP contribution in [0.2, 0.25) is 0 Å². The van der Waals surface area contributed by atoms with Crippen LogP contribution in [0.15, 0.2) is 17.5 Å². The first-order valence-corrected chi connectivity index (χ1v) is 6.98. The Balaban J connectivity index is 1.79. The zero-order valence-electron chi connectivity index (χ0n) is 10.0. The molecule has 1 aromatic rings. The van der Waals surface area contributed by atoms with E-state index in [0.717, 1.165) is 17.7 Å². The summed E-state index contributed by atoms with van der Waals surface area (Å²) in [7, 11) is 0. The minimum Gasteiger partial charge on any atom is -0.320 e. The Morgan fingerprint density at radius 1 is 1.47 bits per heavy atom. The molecule has 3 nitrogen and oxygen atoms in total. The predicted octanol–water partition coefficient (Wildman–Crippen LogP) is 2.66. The van der Waals surface area contributed by atoms with Gasteiger partial charge >= 0.3 is 6.18 Å². The molecule has 0 radical (unpaired) electrons. The Morgan fingerprint density at radius 2 is 2.21 bits per heavy atom. The van der Waals surface area contributed by atoms with E-state index in [4.69, 9.17) is 0 Å². The fourth-order valence-electron chi connectivity index (χ4n) is 2.43. The smallest absolute Gasteiger partial charge is 0.320 e. The summed E-state index contributed by atoms with van der Waals surface area (Å²) >= 11 is 1.45. The highest BCUT2D eigenvalue weighted by molar-refractivity contribution is 7.10. The first-order chi connectivity index (χ1) is 8.91. The number of alkyl halides is 3. The van der Waals surface area contributed by atoms with Gasteiger partial charge in [0.2, 0.25) is 5.91 Å². The van der Waals surface area contributed by atoms with Crippen LogP contribution in [0.3, 0.4) is 0 Å². The fraction of sp³-hybridized carbons (Fsp3) is 0.583. The lowest BCUT2D eigenvalue weighted by molar-refractivity contribution is -0.145. The van der Waals surface area contributed by atoms with Crippen LogP contribution < -0.4 is 5.32 Å². The van der Waals surface area contributed by atoms with Gasteiger partial charge in [-0.05, 0) is 24.3 Å². The third-order valence-electron chi connectivity index (χ3n) is 3.59. The molecule has 1 aromatic heterocycles. The van der Waals surface area contributed by atoms with Crippen molar-refractivity contribution in [3.8, 4) is 0 Å². The van der Waals surface area contributed by atoms with E-state index in [0.29, 0.717) is 0 Å². The molecule has 0 aromatic carbocycles. The van der Waals surface area contributed by atoms with Crippen molar-refractivity contribution >= 4 is 17.2 Å². The molecule has 19 heavy (non-hydrogen) atoms. The third kappa shape index (κ3) is 2.36. The molecule has 0 bridgehead atoms. The summed E-state index contributed by atoms with van der Waals surface area (Å²) in [6.45, 7) is -0.278. The molecule has 1 aliphatic heterocycles. The number of halogens is 3. The highest BCUT2D eigenvalue weighted by Gasteiger charge is 2.59. The minimum atomic E-state index is -4.24. The molecular formula is C12H13F3N2OS. The molecule has 2 fully saturated rings. The summed E-state index contributed by atoms with van der Waals surface area (Å²) in [5, 5.41) is 5.06. The molecule has 1 spiro atoms. The van der Waals surface area contributed by atoms with E-state index in [1.807, 2.05) is 17.5 Å².